The fraction of sp³-hybridized carbons (Fsp3) is 0.312. The van der Waals surface area contributed by atoms with Gasteiger partial charge in [0, 0.05) is 25.8 Å². The number of anilines is 1. The van der Waals surface area contributed by atoms with Crippen LogP contribution in [0.5, 0.6) is 0 Å². The van der Waals surface area contributed by atoms with Crippen molar-refractivity contribution in [3.63, 3.8) is 0 Å². The molecule has 0 aliphatic heterocycles. The lowest BCUT2D eigenvalue weighted by Crippen LogP contribution is -2.18. The van der Waals surface area contributed by atoms with E-state index in [0.717, 1.165) is 17.9 Å². The SMILES string of the molecule is Cc1cc(N(C)Cc2ccccc2)ncc1[C@H](C)N. The van der Waals surface area contributed by atoms with E-state index in [0.29, 0.717) is 0 Å². The molecule has 0 aliphatic rings. The molecule has 0 saturated heterocycles. The van der Waals surface area contributed by atoms with Crippen LogP contribution in [0.2, 0.25) is 0 Å². The van der Waals surface area contributed by atoms with Crippen LogP contribution in [0.25, 0.3) is 0 Å². The van der Waals surface area contributed by atoms with Gasteiger partial charge in [0.1, 0.15) is 5.82 Å². The third kappa shape index (κ3) is 3.32. The molecule has 19 heavy (non-hydrogen) atoms. The van der Waals surface area contributed by atoms with Gasteiger partial charge in [0.15, 0.2) is 0 Å². The standard InChI is InChI=1S/C16H21N3/c1-12-9-16(18-10-15(12)13(2)17)19(3)11-14-7-5-4-6-8-14/h4-10,13H,11,17H2,1-3H3/t13-/m0/s1. The van der Waals surface area contributed by atoms with E-state index in [-0.39, 0.29) is 6.04 Å². The average molecular weight is 255 g/mol. The maximum absolute atomic E-state index is 5.91. The Morgan fingerprint density at radius 2 is 1.95 bits per heavy atom. The van der Waals surface area contributed by atoms with Crippen molar-refractivity contribution in [3.8, 4) is 0 Å². The van der Waals surface area contributed by atoms with Gasteiger partial charge >= 0.3 is 0 Å². The van der Waals surface area contributed by atoms with E-state index in [9.17, 15) is 0 Å². The summed E-state index contributed by atoms with van der Waals surface area (Å²) in [6, 6.07) is 12.5. The molecule has 3 nitrogen and oxygen atoms in total. The first kappa shape index (κ1) is 13.6. The lowest BCUT2D eigenvalue weighted by atomic mass is 10.1. The predicted molar refractivity (Wildman–Crippen MR) is 80.1 cm³/mol. The second-order valence-electron chi connectivity index (χ2n) is 5.03. The Bertz CT molecular complexity index is 535. The van der Waals surface area contributed by atoms with E-state index in [1.807, 2.05) is 19.2 Å². The lowest BCUT2D eigenvalue weighted by molar-refractivity contribution is 0.798. The number of pyridine rings is 1. The van der Waals surface area contributed by atoms with Crippen molar-refractivity contribution >= 4 is 5.82 Å². The van der Waals surface area contributed by atoms with Crippen LogP contribution in [0.3, 0.4) is 0 Å². The summed E-state index contributed by atoms with van der Waals surface area (Å²) in [4.78, 5) is 6.65. The van der Waals surface area contributed by atoms with Crippen LogP contribution < -0.4 is 10.6 Å². The summed E-state index contributed by atoms with van der Waals surface area (Å²) < 4.78 is 0. The molecule has 3 heteroatoms. The molecule has 100 valence electrons. The van der Waals surface area contributed by atoms with Gasteiger partial charge in [-0.1, -0.05) is 30.3 Å². The Kier molecular flexibility index (Phi) is 4.17. The zero-order valence-corrected chi connectivity index (χ0v) is 11.8. The first-order valence-corrected chi connectivity index (χ1v) is 6.55. The minimum Gasteiger partial charge on any atom is -0.355 e. The van der Waals surface area contributed by atoms with Crippen molar-refractivity contribution in [2.75, 3.05) is 11.9 Å². The quantitative estimate of drug-likeness (QED) is 0.913. The first-order chi connectivity index (χ1) is 9.08. The number of benzene rings is 1. The third-order valence-electron chi connectivity index (χ3n) is 3.28. The first-order valence-electron chi connectivity index (χ1n) is 6.55. The molecule has 0 unspecified atom stereocenters. The second-order valence-corrected chi connectivity index (χ2v) is 5.03. The Morgan fingerprint density at radius 1 is 1.26 bits per heavy atom. The summed E-state index contributed by atoms with van der Waals surface area (Å²) >= 11 is 0. The molecule has 0 spiro atoms. The van der Waals surface area contributed by atoms with Crippen LogP contribution in [0.4, 0.5) is 5.82 Å². The number of aryl methyl sites for hydroxylation is 1. The molecular weight excluding hydrogens is 234 g/mol. The third-order valence-corrected chi connectivity index (χ3v) is 3.28. The molecule has 0 saturated carbocycles. The van der Waals surface area contributed by atoms with Gasteiger partial charge in [-0.25, -0.2) is 4.98 Å². The number of hydrogen-bond acceptors (Lipinski definition) is 3. The highest BCUT2D eigenvalue weighted by atomic mass is 15.2. The van der Waals surface area contributed by atoms with Crippen molar-refractivity contribution in [1.82, 2.24) is 4.98 Å². The molecule has 1 heterocycles. The van der Waals surface area contributed by atoms with Gasteiger partial charge in [-0.3, -0.25) is 0 Å². The highest BCUT2D eigenvalue weighted by molar-refractivity contribution is 5.44. The molecule has 1 aromatic heterocycles. The molecule has 0 aliphatic carbocycles. The number of nitrogens with zero attached hydrogens (tertiary/aromatic N) is 2. The van der Waals surface area contributed by atoms with E-state index in [1.165, 1.54) is 11.1 Å². The lowest BCUT2D eigenvalue weighted by Gasteiger charge is -2.20. The Morgan fingerprint density at radius 3 is 2.53 bits per heavy atom. The molecule has 1 atom stereocenters. The molecule has 2 aromatic rings. The summed E-state index contributed by atoms with van der Waals surface area (Å²) in [7, 11) is 2.06. The number of aromatic nitrogens is 1. The highest BCUT2D eigenvalue weighted by Gasteiger charge is 2.08. The molecule has 2 rings (SSSR count). The van der Waals surface area contributed by atoms with Crippen LogP contribution in [-0.4, -0.2) is 12.0 Å². The number of nitrogens with two attached hydrogens (primary N) is 1. The molecule has 1 aromatic carbocycles. The van der Waals surface area contributed by atoms with Gasteiger partial charge in [-0.15, -0.1) is 0 Å². The maximum atomic E-state index is 5.91. The van der Waals surface area contributed by atoms with Crippen LogP contribution in [-0.2, 0) is 6.54 Å². The van der Waals surface area contributed by atoms with E-state index in [4.69, 9.17) is 5.73 Å². The largest absolute Gasteiger partial charge is 0.355 e. The molecule has 0 bridgehead atoms. The van der Waals surface area contributed by atoms with Gasteiger partial charge in [-0.2, -0.15) is 0 Å². The van der Waals surface area contributed by atoms with Crippen LogP contribution in [0.1, 0.15) is 29.7 Å². The topological polar surface area (TPSA) is 42.2 Å². The number of hydrogen-bond donors (Lipinski definition) is 1. The Hall–Kier alpha value is -1.87. The smallest absolute Gasteiger partial charge is 0.128 e. The highest BCUT2D eigenvalue weighted by Crippen LogP contribution is 2.20. The Balaban J connectivity index is 2.16. The fourth-order valence-corrected chi connectivity index (χ4v) is 2.18. The summed E-state index contributed by atoms with van der Waals surface area (Å²) in [5, 5.41) is 0. The van der Waals surface area contributed by atoms with E-state index >= 15 is 0 Å². The molecule has 0 radical (unpaired) electrons. The summed E-state index contributed by atoms with van der Waals surface area (Å²) in [6.07, 6.45) is 1.89. The molecule has 2 N–H and O–H groups in total. The fourth-order valence-electron chi connectivity index (χ4n) is 2.18. The van der Waals surface area contributed by atoms with Gasteiger partial charge in [-0.05, 0) is 36.6 Å². The molecular formula is C16H21N3. The van der Waals surface area contributed by atoms with E-state index in [2.05, 4.69) is 54.2 Å². The van der Waals surface area contributed by atoms with E-state index < -0.39 is 0 Å². The monoisotopic (exact) mass is 255 g/mol. The number of rotatable bonds is 4. The van der Waals surface area contributed by atoms with Crippen LogP contribution in [0.15, 0.2) is 42.6 Å². The zero-order chi connectivity index (χ0) is 13.8. The maximum Gasteiger partial charge on any atom is 0.128 e. The average Bonchev–Trinajstić information content (AvgIpc) is 2.39. The van der Waals surface area contributed by atoms with Crippen molar-refractivity contribution in [2.24, 2.45) is 5.73 Å². The van der Waals surface area contributed by atoms with E-state index in [1.54, 1.807) is 0 Å². The zero-order valence-electron chi connectivity index (χ0n) is 11.8. The van der Waals surface area contributed by atoms with Gasteiger partial charge in [0.2, 0.25) is 0 Å². The van der Waals surface area contributed by atoms with Crippen LogP contribution >= 0.6 is 0 Å². The van der Waals surface area contributed by atoms with Crippen molar-refractivity contribution < 1.29 is 0 Å². The van der Waals surface area contributed by atoms with Gasteiger partial charge in [0.25, 0.3) is 0 Å². The predicted octanol–water partition coefficient (Wildman–Crippen LogP) is 3.05. The minimum atomic E-state index is 0.0287. The Labute approximate surface area is 115 Å². The van der Waals surface area contributed by atoms with Crippen molar-refractivity contribution in [3.05, 3.63) is 59.3 Å². The molecule has 0 fully saturated rings. The minimum absolute atomic E-state index is 0.0287. The van der Waals surface area contributed by atoms with Crippen molar-refractivity contribution in [2.45, 2.75) is 26.4 Å². The second kappa shape index (κ2) is 5.85. The summed E-state index contributed by atoms with van der Waals surface area (Å²) in [6.45, 7) is 4.92. The van der Waals surface area contributed by atoms with Crippen LogP contribution in [0, 0.1) is 6.92 Å². The van der Waals surface area contributed by atoms with Gasteiger partial charge in [0.05, 0.1) is 0 Å². The molecule has 0 amide bonds. The normalized spacial score (nSPS) is 12.2. The van der Waals surface area contributed by atoms with Gasteiger partial charge < -0.3 is 10.6 Å². The van der Waals surface area contributed by atoms with Crippen molar-refractivity contribution in [1.29, 1.82) is 0 Å². The summed E-state index contributed by atoms with van der Waals surface area (Å²) in [5.41, 5.74) is 9.49. The summed E-state index contributed by atoms with van der Waals surface area (Å²) in [5.74, 6) is 0.978.